The Labute approximate surface area is 232 Å². The largest absolute Gasteiger partial charge is 0.368 e. The van der Waals surface area contributed by atoms with Gasteiger partial charge in [0.15, 0.2) is 0 Å². The first-order valence-corrected chi connectivity index (χ1v) is 14.9. The van der Waals surface area contributed by atoms with Crippen molar-refractivity contribution in [3.8, 4) is 0 Å². The molecule has 3 aromatic rings. The third kappa shape index (κ3) is 5.20. The maximum absolute atomic E-state index is 13.6. The maximum atomic E-state index is 13.6. The molecule has 2 aliphatic rings. The van der Waals surface area contributed by atoms with Gasteiger partial charge in [-0.25, -0.2) is 8.42 Å². The number of amides is 1. The zero-order valence-corrected chi connectivity index (χ0v) is 23.5. The van der Waals surface area contributed by atoms with Crippen molar-refractivity contribution in [2.45, 2.75) is 43.0 Å². The molecule has 212 valence electrons. The van der Waals surface area contributed by atoms with Crippen LogP contribution in [0.1, 0.15) is 42.5 Å². The van der Waals surface area contributed by atoms with Crippen LogP contribution in [0.25, 0.3) is 10.9 Å². The number of rotatable bonds is 6. The van der Waals surface area contributed by atoms with Gasteiger partial charge >= 0.3 is 0 Å². The number of sulfonamides is 1. The highest BCUT2D eigenvalue weighted by Crippen LogP contribution is 2.28. The van der Waals surface area contributed by atoms with Gasteiger partial charge in [-0.2, -0.15) is 4.31 Å². The van der Waals surface area contributed by atoms with Gasteiger partial charge in [0.2, 0.25) is 15.5 Å². The summed E-state index contributed by atoms with van der Waals surface area (Å²) in [6.07, 6.45) is 6.26. The van der Waals surface area contributed by atoms with Gasteiger partial charge in [0.1, 0.15) is 5.56 Å². The molecule has 11 nitrogen and oxygen atoms in total. The maximum Gasteiger partial charge on any atom is 0.269 e. The van der Waals surface area contributed by atoms with Gasteiger partial charge in [0.05, 0.1) is 15.3 Å². The Kier molecular flexibility index (Phi) is 7.65. The van der Waals surface area contributed by atoms with Gasteiger partial charge in [-0.05, 0) is 43.2 Å². The van der Waals surface area contributed by atoms with E-state index < -0.39 is 26.3 Å². The molecule has 1 aromatic heterocycles. The molecule has 1 aliphatic carbocycles. The lowest BCUT2D eigenvalue weighted by atomic mass is 9.96. The van der Waals surface area contributed by atoms with Crippen molar-refractivity contribution in [2.24, 2.45) is 7.05 Å². The van der Waals surface area contributed by atoms with Crippen molar-refractivity contribution in [1.29, 1.82) is 0 Å². The van der Waals surface area contributed by atoms with Crippen LogP contribution >= 0.6 is 0 Å². The zero-order chi connectivity index (χ0) is 28.6. The van der Waals surface area contributed by atoms with E-state index in [4.69, 9.17) is 0 Å². The molecule has 0 spiro atoms. The molecule has 2 fully saturated rings. The summed E-state index contributed by atoms with van der Waals surface area (Å²) in [5.74, 6) is -0.404. The Hall–Kier alpha value is -3.77. The van der Waals surface area contributed by atoms with E-state index in [0.717, 1.165) is 37.8 Å². The molecular formula is C28H33N5O6S. The fraction of sp³-hybridized carbons (Fsp3) is 0.429. The second kappa shape index (κ2) is 11.0. The van der Waals surface area contributed by atoms with Gasteiger partial charge in [-0.3, -0.25) is 19.7 Å². The van der Waals surface area contributed by atoms with Crippen LogP contribution in [0, 0.1) is 10.1 Å². The first kappa shape index (κ1) is 27.8. The average molecular weight is 568 g/mol. The van der Waals surface area contributed by atoms with Crippen molar-refractivity contribution < 1.29 is 18.1 Å². The summed E-state index contributed by atoms with van der Waals surface area (Å²) < 4.78 is 30.0. The molecule has 1 saturated carbocycles. The van der Waals surface area contributed by atoms with E-state index in [1.54, 1.807) is 41.8 Å². The minimum absolute atomic E-state index is 0.00558. The number of hydrogen-bond donors (Lipinski definition) is 0. The van der Waals surface area contributed by atoms with Crippen LogP contribution in [0.4, 0.5) is 11.4 Å². The predicted molar refractivity (Wildman–Crippen MR) is 152 cm³/mol. The van der Waals surface area contributed by atoms with Crippen LogP contribution in [-0.2, 0) is 17.1 Å². The minimum Gasteiger partial charge on any atom is -0.368 e. The second-order valence-corrected chi connectivity index (χ2v) is 12.5. The van der Waals surface area contributed by atoms with E-state index in [9.17, 15) is 28.1 Å². The third-order valence-electron chi connectivity index (χ3n) is 8.15. The van der Waals surface area contributed by atoms with Crippen LogP contribution in [0.5, 0.6) is 0 Å². The number of fused-ring (bicyclic) bond motifs is 1. The molecule has 0 radical (unpaired) electrons. The summed E-state index contributed by atoms with van der Waals surface area (Å²) in [6.45, 7) is 1.76. The Balaban J connectivity index is 1.37. The molecule has 0 N–H and O–H groups in total. The zero-order valence-electron chi connectivity index (χ0n) is 22.7. The molecule has 2 aromatic carbocycles. The quantitative estimate of drug-likeness (QED) is 0.330. The van der Waals surface area contributed by atoms with Gasteiger partial charge in [0, 0.05) is 75.7 Å². The number of benzene rings is 2. The second-order valence-electron chi connectivity index (χ2n) is 10.5. The number of anilines is 1. The molecule has 1 amide bonds. The highest BCUT2D eigenvalue weighted by atomic mass is 32.2. The van der Waals surface area contributed by atoms with E-state index in [-0.39, 0.29) is 27.6 Å². The Morgan fingerprint density at radius 3 is 2.27 bits per heavy atom. The summed E-state index contributed by atoms with van der Waals surface area (Å²) in [4.78, 5) is 41.2. The number of aryl methyl sites for hydroxylation is 1. The first-order chi connectivity index (χ1) is 19.1. The van der Waals surface area contributed by atoms with Gasteiger partial charge < -0.3 is 14.4 Å². The number of aromatic nitrogens is 1. The number of nitro groups is 1. The standard InChI is InChI=1S/C28H33N5O6S/c1-29-19-25(28(35)32-16-14-31(15-17-32)21-8-10-22(11-9-21)33(36)37)27(34)24-18-23(12-13-26(24)29)40(38,39)30(2)20-6-4-3-5-7-20/h8-13,18-20H,3-7,14-17H2,1-2H3. The minimum atomic E-state index is -3.81. The molecule has 0 unspecified atom stereocenters. The fourth-order valence-corrected chi connectivity index (χ4v) is 7.16. The summed E-state index contributed by atoms with van der Waals surface area (Å²) >= 11 is 0. The lowest BCUT2D eigenvalue weighted by Gasteiger charge is -2.36. The predicted octanol–water partition coefficient (Wildman–Crippen LogP) is 3.36. The van der Waals surface area contributed by atoms with Crippen molar-refractivity contribution in [2.75, 3.05) is 38.1 Å². The van der Waals surface area contributed by atoms with Crippen LogP contribution in [0.3, 0.4) is 0 Å². The van der Waals surface area contributed by atoms with Crippen LogP contribution in [0.2, 0.25) is 0 Å². The van der Waals surface area contributed by atoms with Crippen LogP contribution < -0.4 is 10.3 Å². The summed E-state index contributed by atoms with van der Waals surface area (Å²) in [5, 5.41) is 11.1. The number of carbonyl (C=O) groups excluding carboxylic acids is 1. The molecule has 1 saturated heterocycles. The molecular weight excluding hydrogens is 534 g/mol. The van der Waals surface area contributed by atoms with Gasteiger partial charge in [-0.1, -0.05) is 19.3 Å². The Morgan fingerprint density at radius 2 is 1.65 bits per heavy atom. The average Bonchev–Trinajstić information content (AvgIpc) is 2.98. The number of carbonyl (C=O) groups is 1. The van der Waals surface area contributed by atoms with Crippen molar-refractivity contribution in [3.05, 3.63) is 74.6 Å². The number of pyridine rings is 1. The number of piperazine rings is 1. The highest BCUT2D eigenvalue weighted by molar-refractivity contribution is 7.89. The lowest BCUT2D eigenvalue weighted by Crippen LogP contribution is -2.49. The summed E-state index contributed by atoms with van der Waals surface area (Å²) in [6, 6.07) is 10.8. The first-order valence-electron chi connectivity index (χ1n) is 13.5. The highest BCUT2D eigenvalue weighted by Gasteiger charge is 2.30. The molecule has 1 aliphatic heterocycles. The SMILES string of the molecule is CN(C1CCCCC1)S(=O)(=O)c1ccc2c(c1)c(=O)c(C(=O)N1CCN(c3ccc([N+](=O)[O-])cc3)CC1)cn2C. The molecule has 0 bridgehead atoms. The van der Waals surface area contributed by atoms with E-state index >= 15 is 0 Å². The Bertz CT molecular complexity index is 1600. The third-order valence-corrected chi connectivity index (χ3v) is 10.1. The molecule has 0 atom stereocenters. The van der Waals surface area contributed by atoms with Gasteiger partial charge in [0.25, 0.3) is 11.6 Å². The van der Waals surface area contributed by atoms with Crippen molar-refractivity contribution in [3.63, 3.8) is 0 Å². The molecule has 12 heteroatoms. The molecule has 40 heavy (non-hydrogen) atoms. The number of nitrogens with zero attached hydrogens (tertiary/aromatic N) is 5. The van der Waals surface area contributed by atoms with E-state index in [1.165, 1.54) is 34.8 Å². The van der Waals surface area contributed by atoms with Gasteiger partial charge in [-0.15, -0.1) is 0 Å². The molecule has 5 rings (SSSR count). The van der Waals surface area contributed by atoms with E-state index in [0.29, 0.717) is 31.7 Å². The normalized spacial score (nSPS) is 17.0. The summed E-state index contributed by atoms with van der Waals surface area (Å²) in [5.41, 5.74) is 0.888. The summed E-state index contributed by atoms with van der Waals surface area (Å²) in [7, 11) is -0.476. The number of nitro benzene ring substituents is 1. The van der Waals surface area contributed by atoms with Crippen LogP contribution in [-0.4, -0.2) is 72.3 Å². The smallest absolute Gasteiger partial charge is 0.269 e. The lowest BCUT2D eigenvalue weighted by molar-refractivity contribution is -0.384. The fourth-order valence-electron chi connectivity index (χ4n) is 5.71. The van der Waals surface area contributed by atoms with Crippen molar-refractivity contribution in [1.82, 2.24) is 13.8 Å². The number of non-ortho nitro benzene ring substituents is 1. The van der Waals surface area contributed by atoms with E-state index in [2.05, 4.69) is 0 Å². The van der Waals surface area contributed by atoms with Crippen molar-refractivity contribution >= 4 is 38.2 Å². The molecule has 2 heterocycles. The van der Waals surface area contributed by atoms with E-state index in [1.807, 2.05) is 4.90 Å². The number of hydrogen-bond acceptors (Lipinski definition) is 7. The monoisotopic (exact) mass is 567 g/mol. The topological polar surface area (TPSA) is 126 Å². The Morgan fingerprint density at radius 1 is 1.00 bits per heavy atom. The van der Waals surface area contributed by atoms with Crippen LogP contribution in [0.15, 0.2) is 58.4 Å².